The normalized spacial score (nSPS) is 14.9. The van der Waals surface area contributed by atoms with Crippen LogP contribution in [0.25, 0.3) is 0 Å². The predicted molar refractivity (Wildman–Crippen MR) is 170 cm³/mol. The molecule has 0 bridgehead atoms. The Morgan fingerprint density at radius 3 is 2.03 bits per heavy atom. The van der Waals surface area contributed by atoms with Gasteiger partial charge >= 0.3 is 1.43 Å². The molecule has 36 heavy (non-hydrogen) atoms. The molecule has 1 N–H and O–H groups in total. The first-order valence-corrected chi connectivity index (χ1v) is 15.6. The molecule has 2 heterocycles. The molecule has 0 amide bonds. The Labute approximate surface area is 277 Å². The van der Waals surface area contributed by atoms with Crippen LogP contribution in [0.15, 0.2) is 12.7 Å². The number of ketones is 3. The fraction of sp³-hybridized carbons (Fsp3) is 0.741. The molecule has 0 saturated carbocycles. The van der Waals surface area contributed by atoms with E-state index >= 15 is 0 Å². The number of fused-ring (bicyclic) bond motifs is 1. The number of carbonyl (C=O) groups is 3. The molecule has 1 unspecified atom stereocenters. The summed E-state index contributed by atoms with van der Waals surface area (Å²) < 4.78 is 0. The molecule has 216 valence electrons. The third-order valence-electron chi connectivity index (χ3n) is 4.38. The van der Waals surface area contributed by atoms with Crippen molar-refractivity contribution in [3.63, 3.8) is 0 Å². The molecule has 0 spiro atoms. The number of piperidine rings is 2. The Morgan fingerprint density at radius 1 is 1.17 bits per heavy atom. The quantitative estimate of drug-likeness (QED) is 0.0996. The molecule has 1 atom stereocenters. The van der Waals surface area contributed by atoms with E-state index in [2.05, 4.69) is 72.0 Å². The van der Waals surface area contributed by atoms with Crippen LogP contribution in [0.3, 0.4) is 0 Å². The predicted octanol–water partition coefficient (Wildman–Crippen LogP) is 7.41. The zero-order valence-corrected chi connectivity index (χ0v) is 31.4. The molecule has 0 aliphatic carbocycles. The van der Waals surface area contributed by atoms with E-state index in [1.165, 1.54) is 45.2 Å². The molecular formula is C27H55I2N2O3V2-. The fourth-order valence-corrected chi connectivity index (χ4v) is 2.87. The van der Waals surface area contributed by atoms with Crippen LogP contribution in [0.2, 0.25) is 0 Å². The topological polar surface area (TPSA) is 66.5 Å². The van der Waals surface area contributed by atoms with Gasteiger partial charge in [0.1, 0.15) is 11.6 Å². The van der Waals surface area contributed by atoms with E-state index in [0.717, 1.165) is 32.5 Å². The van der Waals surface area contributed by atoms with E-state index in [9.17, 15) is 14.4 Å². The second-order valence-electron chi connectivity index (χ2n) is 8.25. The summed E-state index contributed by atoms with van der Waals surface area (Å²) in [6.45, 7) is 19.0. The summed E-state index contributed by atoms with van der Waals surface area (Å²) in [7, 11) is 0. The molecule has 0 aromatic heterocycles. The average Bonchev–Trinajstić information content (AvgIpc) is 2.80. The zero-order valence-electron chi connectivity index (χ0n) is 25.2. The van der Waals surface area contributed by atoms with Crippen LogP contribution < -0.4 is 5.32 Å². The Hall–Kier alpha value is 1.30. The van der Waals surface area contributed by atoms with Gasteiger partial charge < -0.3 is 35.3 Å². The SMILES string of the molecule is C=CC(C)=O.CC(=O)CCNCC(C)C.CCC.CI.O=C1CCN2CCCCC2C1.[CH2-]I.[CH3-].[H+].[V].[V]. The summed E-state index contributed by atoms with van der Waals surface area (Å²) in [6, 6.07) is 0.616. The number of rotatable bonds is 6. The van der Waals surface area contributed by atoms with E-state index in [4.69, 9.17) is 0 Å². The van der Waals surface area contributed by atoms with Gasteiger partial charge in [-0.2, -0.15) is 0 Å². The molecule has 2 rings (SSSR count). The van der Waals surface area contributed by atoms with Gasteiger partial charge in [0.2, 0.25) is 0 Å². The van der Waals surface area contributed by atoms with Crippen molar-refractivity contribution in [2.75, 3.05) is 31.1 Å². The first-order valence-electron chi connectivity index (χ1n) is 11.9. The third-order valence-corrected chi connectivity index (χ3v) is 4.38. The first kappa shape index (κ1) is 53.5. The Morgan fingerprint density at radius 2 is 1.64 bits per heavy atom. The van der Waals surface area contributed by atoms with Crippen molar-refractivity contribution in [3.05, 3.63) is 25.0 Å². The first-order chi connectivity index (χ1) is 15.7. The van der Waals surface area contributed by atoms with Crippen molar-refractivity contribution in [3.8, 4) is 0 Å². The van der Waals surface area contributed by atoms with E-state index in [0.29, 0.717) is 24.2 Å². The van der Waals surface area contributed by atoms with Gasteiger partial charge in [0, 0.05) is 75.5 Å². The second-order valence-corrected chi connectivity index (χ2v) is 8.25. The van der Waals surface area contributed by atoms with Gasteiger partial charge in [0.25, 0.3) is 0 Å². The Balaban J connectivity index is -0.0000000501. The van der Waals surface area contributed by atoms with Crippen molar-refractivity contribution in [1.29, 1.82) is 0 Å². The number of hydrogen-bond acceptors (Lipinski definition) is 5. The van der Waals surface area contributed by atoms with E-state index in [1.54, 1.807) is 6.92 Å². The smallest absolute Gasteiger partial charge is 0.358 e. The van der Waals surface area contributed by atoms with Crippen LogP contribution in [-0.2, 0) is 51.5 Å². The maximum atomic E-state index is 11.1. The van der Waals surface area contributed by atoms with E-state index in [1.807, 2.05) is 27.5 Å². The molecule has 2 radical (unpaired) electrons. The van der Waals surface area contributed by atoms with Crippen molar-refractivity contribution < 1.29 is 52.9 Å². The van der Waals surface area contributed by atoms with Gasteiger partial charge in [-0.3, -0.25) is 24.2 Å². The second kappa shape index (κ2) is 43.4. The summed E-state index contributed by atoms with van der Waals surface area (Å²) >= 11 is 4.05. The molecule has 2 aliphatic rings. The number of Topliss-reactive ketones (excluding diaryl/α,β-unsaturated/α-hetero) is 2. The van der Waals surface area contributed by atoms with Crippen LogP contribution in [-0.4, -0.2) is 59.4 Å². The summed E-state index contributed by atoms with van der Waals surface area (Å²) in [5.41, 5.74) is 0. The molecule has 9 heteroatoms. The summed E-state index contributed by atoms with van der Waals surface area (Å²) in [5.74, 6) is 1.43. The van der Waals surface area contributed by atoms with Crippen LogP contribution in [0.1, 0.15) is 87.9 Å². The van der Waals surface area contributed by atoms with E-state index < -0.39 is 0 Å². The minimum absolute atomic E-state index is 0. The minimum Gasteiger partial charge on any atom is -0.358 e. The third kappa shape index (κ3) is 45.2. The van der Waals surface area contributed by atoms with Gasteiger partial charge in [-0.1, -0.05) is 69.7 Å². The van der Waals surface area contributed by atoms with Crippen LogP contribution >= 0.6 is 45.2 Å². The molecular weight excluding hydrogens is 756 g/mol. The molecule has 0 aromatic rings. The monoisotopic (exact) mass is 811 g/mol. The maximum Gasteiger partial charge on any atom is 1.00 e. The van der Waals surface area contributed by atoms with Gasteiger partial charge in [-0.25, -0.2) is 0 Å². The molecule has 0 aromatic carbocycles. The molecule has 5 nitrogen and oxygen atoms in total. The standard InChI is InChI=1S/C9H15NO.C8H17NO.C4H6O.C3H8.CH3I.CH2I.CH3.2V/c11-9-4-6-10-5-2-1-3-8(10)7-9;1-7(2)6-9-5-4-8(3)10;1-3-4(2)5;1-3-2;2*1-2;;;/h8H,1-7H2;7,9H,4-6H2,1-3H3;3H,1H2,2H3;3H2,1-2H3;1H3;1H2;1H3;;/q;;;;;2*-1;;/p+1. The summed E-state index contributed by atoms with van der Waals surface area (Å²) in [5, 5.41) is 3.20. The van der Waals surface area contributed by atoms with Gasteiger partial charge in [-0.05, 0) is 56.7 Å². The van der Waals surface area contributed by atoms with Crippen LogP contribution in [0.4, 0.5) is 0 Å². The number of halogens is 2. The van der Waals surface area contributed by atoms with Crippen molar-refractivity contribution in [1.82, 2.24) is 10.2 Å². The number of nitrogens with one attached hydrogen (secondary N) is 1. The summed E-state index contributed by atoms with van der Waals surface area (Å²) in [4.78, 5) is 38.9. The van der Waals surface area contributed by atoms with Gasteiger partial charge in [0.15, 0.2) is 5.78 Å². The minimum atomic E-state index is 0. The number of alkyl halides is 1. The largest absolute Gasteiger partial charge is 1.00 e. The number of carbonyl (C=O) groups excluding carboxylic acids is 3. The number of allylic oxidation sites excluding steroid dienone is 1. The van der Waals surface area contributed by atoms with Crippen LogP contribution in [0.5, 0.6) is 0 Å². The molecule has 2 fully saturated rings. The van der Waals surface area contributed by atoms with Crippen molar-refractivity contribution >= 4 is 62.5 Å². The Kier molecular flexibility index (Phi) is 64.5. The van der Waals surface area contributed by atoms with Crippen molar-refractivity contribution in [2.45, 2.75) is 92.5 Å². The maximum absolute atomic E-state index is 11.1. The molecule has 2 aliphatic heterocycles. The Bertz CT molecular complexity index is 491. The van der Waals surface area contributed by atoms with E-state index in [-0.39, 0.29) is 57.5 Å². The average molecular weight is 811 g/mol. The number of hydrogen-bond donors (Lipinski definition) is 1. The number of nitrogens with zero attached hydrogens (tertiary/aromatic N) is 1. The van der Waals surface area contributed by atoms with Gasteiger partial charge in [0.05, 0.1) is 0 Å². The van der Waals surface area contributed by atoms with Gasteiger partial charge in [-0.15, -0.1) is 0 Å². The molecule has 2 saturated heterocycles. The zero-order chi connectivity index (χ0) is 26.7. The van der Waals surface area contributed by atoms with Crippen molar-refractivity contribution in [2.24, 2.45) is 5.92 Å². The van der Waals surface area contributed by atoms with Crippen LogP contribution in [0, 0.1) is 18.3 Å². The summed E-state index contributed by atoms with van der Waals surface area (Å²) in [6.07, 6.45) is 8.74. The fourth-order valence-electron chi connectivity index (χ4n) is 2.87.